The van der Waals surface area contributed by atoms with Crippen LogP contribution >= 0.6 is 11.8 Å². The number of benzene rings is 1. The highest BCUT2D eigenvalue weighted by molar-refractivity contribution is 7.99. The van der Waals surface area contributed by atoms with E-state index in [4.69, 9.17) is 9.47 Å². The van der Waals surface area contributed by atoms with Crippen molar-refractivity contribution in [1.29, 1.82) is 0 Å². The first kappa shape index (κ1) is 13.6. The van der Waals surface area contributed by atoms with E-state index >= 15 is 0 Å². The minimum atomic E-state index is -0.616. The van der Waals surface area contributed by atoms with E-state index < -0.39 is 5.60 Å². The van der Waals surface area contributed by atoms with Crippen LogP contribution in [-0.4, -0.2) is 29.7 Å². The molecule has 0 aromatic heterocycles. The molecule has 4 heteroatoms. The van der Waals surface area contributed by atoms with E-state index in [0.717, 1.165) is 29.2 Å². The molecular formula is C14H20O3S. The highest BCUT2D eigenvalue weighted by Gasteiger charge is 2.18. The van der Waals surface area contributed by atoms with Gasteiger partial charge in [0.1, 0.15) is 0 Å². The number of hydrogen-bond donors (Lipinski definition) is 1. The molecule has 1 heterocycles. The van der Waals surface area contributed by atoms with Gasteiger partial charge >= 0.3 is 0 Å². The molecule has 1 unspecified atom stereocenters. The molecule has 0 spiro atoms. The zero-order valence-corrected chi connectivity index (χ0v) is 11.8. The number of thioether (sulfide) groups is 1. The average molecular weight is 268 g/mol. The first-order valence-electron chi connectivity index (χ1n) is 6.35. The highest BCUT2D eigenvalue weighted by atomic mass is 32.2. The maximum absolute atomic E-state index is 9.99. The monoisotopic (exact) mass is 268 g/mol. The van der Waals surface area contributed by atoms with Crippen molar-refractivity contribution in [3.63, 3.8) is 0 Å². The predicted molar refractivity (Wildman–Crippen MR) is 73.7 cm³/mol. The molecule has 1 atom stereocenters. The van der Waals surface area contributed by atoms with E-state index in [2.05, 4.69) is 0 Å². The zero-order valence-electron chi connectivity index (χ0n) is 10.9. The first-order valence-corrected chi connectivity index (χ1v) is 7.34. The van der Waals surface area contributed by atoms with Crippen LogP contribution in [0.25, 0.3) is 0 Å². The maximum Gasteiger partial charge on any atom is 0.162 e. The second-order valence-electron chi connectivity index (χ2n) is 4.80. The summed E-state index contributed by atoms with van der Waals surface area (Å²) >= 11 is 1.65. The van der Waals surface area contributed by atoms with E-state index in [9.17, 15) is 5.11 Å². The Balaban J connectivity index is 2.04. The second kappa shape index (κ2) is 5.85. The van der Waals surface area contributed by atoms with Crippen LogP contribution in [0.5, 0.6) is 11.5 Å². The van der Waals surface area contributed by atoms with Gasteiger partial charge in [0.15, 0.2) is 11.5 Å². The van der Waals surface area contributed by atoms with E-state index in [0.29, 0.717) is 19.0 Å². The Hall–Kier alpha value is -0.870. The lowest BCUT2D eigenvalue weighted by Gasteiger charge is -2.20. The fraction of sp³-hybridized carbons (Fsp3) is 0.571. The molecule has 1 aromatic carbocycles. The number of hydrogen-bond acceptors (Lipinski definition) is 4. The number of aliphatic hydroxyl groups is 1. The summed E-state index contributed by atoms with van der Waals surface area (Å²) in [6.07, 6.45) is 1.67. The number of rotatable bonds is 4. The Morgan fingerprint density at radius 1 is 1.28 bits per heavy atom. The summed E-state index contributed by atoms with van der Waals surface area (Å²) in [6.45, 7) is 5.27. The van der Waals surface area contributed by atoms with Gasteiger partial charge in [0.05, 0.1) is 18.8 Å². The van der Waals surface area contributed by atoms with E-state index in [1.54, 1.807) is 11.8 Å². The normalized spacial score (nSPS) is 17.9. The molecule has 1 aromatic rings. The summed E-state index contributed by atoms with van der Waals surface area (Å²) in [4.78, 5) is 1.10. The Morgan fingerprint density at radius 2 is 2.00 bits per heavy atom. The zero-order chi connectivity index (χ0) is 13.0. The van der Waals surface area contributed by atoms with Gasteiger partial charge in [-0.25, -0.2) is 0 Å². The molecule has 0 saturated carbocycles. The largest absolute Gasteiger partial charge is 0.490 e. The maximum atomic E-state index is 9.99. The molecule has 0 amide bonds. The third-order valence-electron chi connectivity index (χ3n) is 3.03. The SMILES string of the molecule is CCC(C)(O)CSc1ccc2c(c1)OCCCO2. The number of fused-ring (bicyclic) bond motifs is 1. The van der Waals surface area contributed by atoms with Crippen LogP contribution in [0, 0.1) is 0 Å². The van der Waals surface area contributed by atoms with Crippen LogP contribution in [0.4, 0.5) is 0 Å². The van der Waals surface area contributed by atoms with Crippen molar-refractivity contribution in [2.75, 3.05) is 19.0 Å². The molecule has 2 rings (SSSR count). The fourth-order valence-electron chi connectivity index (χ4n) is 1.57. The molecule has 1 aliphatic rings. The average Bonchev–Trinajstić information content (AvgIpc) is 2.61. The van der Waals surface area contributed by atoms with E-state index in [1.807, 2.05) is 32.0 Å². The highest BCUT2D eigenvalue weighted by Crippen LogP contribution is 2.34. The Bertz CT molecular complexity index is 404. The quantitative estimate of drug-likeness (QED) is 0.852. The van der Waals surface area contributed by atoms with Gasteiger partial charge < -0.3 is 14.6 Å². The molecule has 100 valence electrons. The summed E-state index contributed by atoms with van der Waals surface area (Å²) in [5.74, 6) is 2.32. The van der Waals surface area contributed by atoms with E-state index in [-0.39, 0.29) is 0 Å². The molecule has 1 aliphatic heterocycles. The summed E-state index contributed by atoms with van der Waals surface area (Å²) in [5.41, 5.74) is -0.616. The van der Waals surface area contributed by atoms with Crippen molar-refractivity contribution >= 4 is 11.8 Å². The summed E-state index contributed by atoms with van der Waals surface area (Å²) in [7, 11) is 0. The van der Waals surface area contributed by atoms with Crippen molar-refractivity contribution < 1.29 is 14.6 Å². The summed E-state index contributed by atoms with van der Waals surface area (Å²) in [5, 5.41) is 9.99. The third kappa shape index (κ3) is 3.56. The predicted octanol–water partition coefficient (Wildman–Crippen LogP) is 3.10. The fourth-order valence-corrected chi connectivity index (χ4v) is 2.61. The molecule has 3 nitrogen and oxygen atoms in total. The number of ether oxygens (including phenoxy) is 2. The Labute approximate surface area is 112 Å². The van der Waals surface area contributed by atoms with Gasteiger partial charge in [0, 0.05) is 17.1 Å². The molecule has 1 N–H and O–H groups in total. The second-order valence-corrected chi connectivity index (χ2v) is 5.85. The van der Waals surface area contributed by atoms with Crippen molar-refractivity contribution in [3.8, 4) is 11.5 Å². The first-order chi connectivity index (χ1) is 8.61. The molecule has 0 bridgehead atoms. The standard InChI is InChI=1S/C14H20O3S/c1-3-14(2,15)10-18-11-5-6-12-13(9-11)17-8-4-7-16-12/h5-6,9,15H,3-4,7-8,10H2,1-2H3. The van der Waals surface area contributed by atoms with Crippen LogP contribution in [0.15, 0.2) is 23.1 Å². The summed E-state index contributed by atoms with van der Waals surface area (Å²) in [6, 6.07) is 5.96. The minimum Gasteiger partial charge on any atom is -0.490 e. The van der Waals surface area contributed by atoms with Crippen LogP contribution < -0.4 is 9.47 Å². The van der Waals surface area contributed by atoms with Gasteiger partial charge in [0.2, 0.25) is 0 Å². The van der Waals surface area contributed by atoms with E-state index in [1.165, 1.54) is 0 Å². The van der Waals surface area contributed by atoms with Gasteiger partial charge in [-0.15, -0.1) is 11.8 Å². The molecule has 18 heavy (non-hydrogen) atoms. The Morgan fingerprint density at radius 3 is 2.72 bits per heavy atom. The lowest BCUT2D eigenvalue weighted by molar-refractivity contribution is 0.0816. The van der Waals surface area contributed by atoms with Crippen molar-refractivity contribution in [1.82, 2.24) is 0 Å². The third-order valence-corrected chi connectivity index (χ3v) is 4.38. The lowest BCUT2D eigenvalue weighted by atomic mass is 10.1. The molecule has 0 saturated heterocycles. The molecule has 0 aliphatic carbocycles. The summed E-state index contributed by atoms with van der Waals surface area (Å²) < 4.78 is 11.2. The van der Waals surface area contributed by atoms with Gasteiger partial charge in [-0.3, -0.25) is 0 Å². The van der Waals surface area contributed by atoms with Crippen LogP contribution in [0.3, 0.4) is 0 Å². The Kier molecular flexibility index (Phi) is 4.40. The van der Waals surface area contributed by atoms with Gasteiger partial charge in [-0.1, -0.05) is 6.92 Å². The molecule has 0 fully saturated rings. The van der Waals surface area contributed by atoms with Gasteiger partial charge in [-0.05, 0) is 31.5 Å². The van der Waals surface area contributed by atoms with Crippen molar-refractivity contribution in [3.05, 3.63) is 18.2 Å². The smallest absolute Gasteiger partial charge is 0.162 e. The minimum absolute atomic E-state index is 0.616. The van der Waals surface area contributed by atoms with Crippen LogP contribution in [-0.2, 0) is 0 Å². The van der Waals surface area contributed by atoms with Crippen molar-refractivity contribution in [2.45, 2.75) is 37.2 Å². The van der Waals surface area contributed by atoms with Gasteiger partial charge in [-0.2, -0.15) is 0 Å². The van der Waals surface area contributed by atoms with Crippen LogP contribution in [0.1, 0.15) is 26.7 Å². The lowest BCUT2D eigenvalue weighted by Crippen LogP contribution is -2.25. The van der Waals surface area contributed by atoms with Crippen molar-refractivity contribution in [2.24, 2.45) is 0 Å². The topological polar surface area (TPSA) is 38.7 Å². The molecular weight excluding hydrogens is 248 g/mol. The van der Waals surface area contributed by atoms with Crippen LogP contribution in [0.2, 0.25) is 0 Å². The van der Waals surface area contributed by atoms with Gasteiger partial charge in [0.25, 0.3) is 0 Å². The molecule has 0 radical (unpaired) electrons.